The van der Waals surface area contributed by atoms with Gasteiger partial charge in [-0.15, -0.1) is 0 Å². The van der Waals surface area contributed by atoms with Gasteiger partial charge in [0.05, 0.1) is 5.71 Å². The highest BCUT2D eigenvalue weighted by Crippen LogP contribution is 2.67. The number of nitrogens with zero attached hydrogens (tertiary/aromatic N) is 2. The Morgan fingerprint density at radius 2 is 1.96 bits per heavy atom. The molecule has 150 valence electrons. The molecule has 4 aliphatic rings. The number of oxime groups is 1. The molecule has 28 heavy (non-hydrogen) atoms. The molecule has 1 N–H and O–H groups in total. The summed E-state index contributed by atoms with van der Waals surface area (Å²) in [4.78, 5) is 4.40. The number of hydrogen-bond acceptors (Lipinski definition) is 3. The Kier molecular flexibility index (Phi) is 4.23. The molecule has 3 heteroatoms. The third-order valence-electron chi connectivity index (χ3n) is 9.67. The van der Waals surface area contributed by atoms with Gasteiger partial charge in [-0.2, -0.15) is 0 Å². The molecule has 0 saturated heterocycles. The number of allylic oxidation sites excluding steroid dienone is 2. The largest absolute Gasteiger partial charge is 0.411 e. The maximum Gasteiger partial charge on any atom is 0.0602 e. The predicted molar refractivity (Wildman–Crippen MR) is 113 cm³/mol. The second-order valence-electron chi connectivity index (χ2n) is 10.5. The molecule has 7 unspecified atom stereocenters. The van der Waals surface area contributed by atoms with Crippen LogP contribution in [0.25, 0.3) is 5.57 Å². The number of rotatable bonds is 1. The summed E-state index contributed by atoms with van der Waals surface area (Å²) < 4.78 is 0. The van der Waals surface area contributed by atoms with E-state index in [0.717, 1.165) is 29.9 Å². The predicted octanol–water partition coefficient (Wildman–Crippen LogP) is 6.19. The van der Waals surface area contributed by atoms with Crippen molar-refractivity contribution in [2.75, 3.05) is 0 Å². The fourth-order valence-electron chi connectivity index (χ4n) is 8.21. The molecule has 0 aliphatic heterocycles. The highest BCUT2D eigenvalue weighted by atomic mass is 16.4. The number of fused-ring (bicyclic) bond motifs is 5. The number of aromatic nitrogens is 1. The van der Waals surface area contributed by atoms with Gasteiger partial charge in [-0.05, 0) is 96.7 Å². The standard InChI is InChI=1S/C25H34N2O/c1-16-19-7-6-18-21-9-8-20(17-5-4-14-26-15-17)25(21,3)12-10-22(18)24(19,2)13-11-23(16)27-28/h4-5,8,14-16,18-19,21-22,28H,6-7,9-13H2,1-3H3/b27-23+. The monoisotopic (exact) mass is 378 g/mol. The van der Waals surface area contributed by atoms with E-state index in [1.807, 2.05) is 6.20 Å². The van der Waals surface area contributed by atoms with Crippen molar-refractivity contribution in [1.29, 1.82) is 0 Å². The molecule has 4 aliphatic carbocycles. The van der Waals surface area contributed by atoms with Crippen LogP contribution in [0.1, 0.15) is 71.3 Å². The summed E-state index contributed by atoms with van der Waals surface area (Å²) >= 11 is 0. The Balaban J connectivity index is 1.44. The van der Waals surface area contributed by atoms with E-state index in [2.05, 4.69) is 55.3 Å². The zero-order chi connectivity index (χ0) is 19.5. The maximum atomic E-state index is 9.44. The van der Waals surface area contributed by atoms with Crippen molar-refractivity contribution in [1.82, 2.24) is 4.98 Å². The van der Waals surface area contributed by atoms with Crippen molar-refractivity contribution >= 4 is 11.3 Å². The van der Waals surface area contributed by atoms with Gasteiger partial charge in [-0.1, -0.05) is 38.1 Å². The molecule has 0 bridgehead atoms. The summed E-state index contributed by atoms with van der Waals surface area (Å²) in [6, 6.07) is 4.32. The molecule has 5 rings (SSSR count). The van der Waals surface area contributed by atoms with Crippen LogP contribution in [0.5, 0.6) is 0 Å². The SMILES string of the molecule is CC1/C(=N/O)CCC2(C)C1CCC1C3CC=C(c4cccnc4)C3(C)CCC12. The second kappa shape index (κ2) is 6.43. The van der Waals surface area contributed by atoms with Gasteiger partial charge in [0.2, 0.25) is 0 Å². The Bertz CT molecular complexity index is 815. The number of hydrogen-bond donors (Lipinski definition) is 1. The summed E-state index contributed by atoms with van der Waals surface area (Å²) in [5.41, 5.74) is 4.66. The molecule has 3 nitrogen and oxygen atoms in total. The minimum Gasteiger partial charge on any atom is -0.411 e. The van der Waals surface area contributed by atoms with E-state index in [4.69, 9.17) is 0 Å². The van der Waals surface area contributed by atoms with E-state index < -0.39 is 0 Å². The first-order valence-electron chi connectivity index (χ1n) is 11.3. The fourth-order valence-corrected chi connectivity index (χ4v) is 8.21. The van der Waals surface area contributed by atoms with Gasteiger partial charge in [-0.3, -0.25) is 4.98 Å². The van der Waals surface area contributed by atoms with Crippen molar-refractivity contribution < 1.29 is 5.21 Å². The average Bonchev–Trinajstić information content (AvgIpc) is 3.06. The van der Waals surface area contributed by atoms with E-state index in [1.54, 1.807) is 5.57 Å². The first-order valence-corrected chi connectivity index (χ1v) is 11.3. The van der Waals surface area contributed by atoms with Crippen molar-refractivity contribution in [3.8, 4) is 0 Å². The molecular weight excluding hydrogens is 344 g/mol. The lowest BCUT2D eigenvalue weighted by molar-refractivity contribution is -0.0945. The first kappa shape index (κ1) is 18.4. The summed E-state index contributed by atoms with van der Waals surface area (Å²) in [5, 5.41) is 13.1. The summed E-state index contributed by atoms with van der Waals surface area (Å²) in [6.07, 6.45) is 15.2. The minimum absolute atomic E-state index is 0.311. The van der Waals surface area contributed by atoms with Crippen molar-refractivity contribution in [3.05, 3.63) is 36.2 Å². The topological polar surface area (TPSA) is 45.5 Å². The molecule has 0 aromatic carbocycles. The Labute approximate surface area is 169 Å². The van der Waals surface area contributed by atoms with Gasteiger partial charge in [-0.25, -0.2) is 0 Å². The van der Waals surface area contributed by atoms with Crippen molar-refractivity contribution in [2.45, 2.75) is 65.7 Å². The van der Waals surface area contributed by atoms with Crippen LogP contribution in [-0.2, 0) is 0 Å². The number of pyridine rings is 1. The van der Waals surface area contributed by atoms with Crippen LogP contribution in [0, 0.1) is 40.4 Å². The molecule has 0 amide bonds. The van der Waals surface area contributed by atoms with Gasteiger partial charge in [0.1, 0.15) is 0 Å². The Morgan fingerprint density at radius 1 is 1.11 bits per heavy atom. The minimum atomic E-state index is 0.311. The van der Waals surface area contributed by atoms with Crippen molar-refractivity contribution in [3.63, 3.8) is 0 Å². The summed E-state index contributed by atoms with van der Waals surface area (Å²) in [7, 11) is 0. The Morgan fingerprint density at radius 3 is 2.71 bits per heavy atom. The lowest BCUT2D eigenvalue weighted by Gasteiger charge is -2.61. The molecule has 7 atom stereocenters. The molecule has 1 heterocycles. The third kappa shape index (κ3) is 2.40. The lowest BCUT2D eigenvalue weighted by atomic mass is 9.43. The summed E-state index contributed by atoms with van der Waals surface area (Å²) in [6.45, 7) is 7.42. The first-order chi connectivity index (χ1) is 13.5. The van der Waals surface area contributed by atoms with Gasteiger partial charge < -0.3 is 5.21 Å². The van der Waals surface area contributed by atoms with Gasteiger partial charge in [0, 0.05) is 18.3 Å². The zero-order valence-electron chi connectivity index (χ0n) is 17.6. The molecule has 0 spiro atoms. The maximum absolute atomic E-state index is 9.44. The quantitative estimate of drug-likeness (QED) is 0.467. The van der Waals surface area contributed by atoms with Crippen LogP contribution in [0.3, 0.4) is 0 Å². The smallest absolute Gasteiger partial charge is 0.0602 e. The van der Waals surface area contributed by atoms with Crippen LogP contribution in [0.4, 0.5) is 0 Å². The van der Waals surface area contributed by atoms with E-state index in [0.29, 0.717) is 22.7 Å². The van der Waals surface area contributed by atoms with Gasteiger partial charge in [0.25, 0.3) is 0 Å². The van der Waals surface area contributed by atoms with Crippen molar-refractivity contribution in [2.24, 2.45) is 45.6 Å². The molecule has 1 aromatic rings. The zero-order valence-corrected chi connectivity index (χ0v) is 17.6. The highest BCUT2D eigenvalue weighted by molar-refractivity contribution is 5.87. The normalized spacial score (nSPS) is 46.5. The highest BCUT2D eigenvalue weighted by Gasteiger charge is 2.59. The van der Waals surface area contributed by atoms with E-state index in [1.165, 1.54) is 44.1 Å². The fraction of sp³-hybridized carbons (Fsp3) is 0.680. The molecule has 3 saturated carbocycles. The van der Waals surface area contributed by atoms with E-state index in [9.17, 15) is 5.21 Å². The van der Waals surface area contributed by atoms with Crippen LogP contribution < -0.4 is 0 Å². The van der Waals surface area contributed by atoms with Gasteiger partial charge >= 0.3 is 0 Å². The Hall–Kier alpha value is -1.64. The molecule has 1 aromatic heterocycles. The van der Waals surface area contributed by atoms with E-state index >= 15 is 0 Å². The van der Waals surface area contributed by atoms with Crippen LogP contribution >= 0.6 is 0 Å². The molecular formula is C25H34N2O. The second-order valence-corrected chi connectivity index (χ2v) is 10.5. The van der Waals surface area contributed by atoms with Gasteiger partial charge in [0.15, 0.2) is 0 Å². The van der Waals surface area contributed by atoms with Crippen LogP contribution in [-0.4, -0.2) is 15.9 Å². The summed E-state index contributed by atoms with van der Waals surface area (Å²) in [5.74, 6) is 3.57. The molecule has 0 radical (unpaired) electrons. The van der Waals surface area contributed by atoms with Crippen LogP contribution in [0.15, 0.2) is 35.8 Å². The van der Waals surface area contributed by atoms with Crippen LogP contribution in [0.2, 0.25) is 0 Å². The average molecular weight is 379 g/mol. The lowest BCUT2D eigenvalue weighted by Crippen LogP contribution is -2.55. The molecule has 3 fully saturated rings. The van der Waals surface area contributed by atoms with E-state index in [-0.39, 0.29) is 0 Å². The third-order valence-corrected chi connectivity index (χ3v) is 9.67.